The van der Waals surface area contributed by atoms with Crippen LogP contribution in [0.25, 0.3) is 0 Å². The second-order valence-electron chi connectivity index (χ2n) is 5.40. The van der Waals surface area contributed by atoms with Gasteiger partial charge >= 0.3 is 0 Å². The smallest absolute Gasteiger partial charge is 0.255 e. The molecule has 2 aromatic carbocycles. The molecule has 1 N–H and O–H groups in total. The number of ketones is 1. The van der Waals surface area contributed by atoms with E-state index in [0.717, 1.165) is 4.31 Å². The summed E-state index contributed by atoms with van der Waals surface area (Å²) in [4.78, 5) is 23.7. The third-order valence-electron chi connectivity index (χ3n) is 3.42. The van der Waals surface area contributed by atoms with Crippen LogP contribution in [0.15, 0.2) is 53.4 Å². The van der Waals surface area contributed by atoms with Gasteiger partial charge in [0.1, 0.15) is 0 Å². The maximum Gasteiger partial charge on any atom is 0.255 e. The SMILES string of the molecule is CC(=O)c1cccc(NC(=O)c2ccc(S(=O)(=O)N(C)C)cc2)c1. The number of benzene rings is 2. The lowest BCUT2D eigenvalue weighted by molar-refractivity contribution is 0.101. The van der Waals surface area contributed by atoms with E-state index in [2.05, 4.69) is 5.32 Å². The highest BCUT2D eigenvalue weighted by Gasteiger charge is 2.17. The van der Waals surface area contributed by atoms with Crippen molar-refractivity contribution in [3.8, 4) is 0 Å². The fourth-order valence-electron chi connectivity index (χ4n) is 2.01. The Hall–Kier alpha value is -2.51. The van der Waals surface area contributed by atoms with Crippen LogP contribution in [0.4, 0.5) is 5.69 Å². The van der Waals surface area contributed by atoms with Crippen LogP contribution >= 0.6 is 0 Å². The normalized spacial score (nSPS) is 11.3. The number of nitrogens with zero attached hydrogens (tertiary/aromatic N) is 1. The number of Topliss-reactive ketones (excluding diaryl/α,β-unsaturated/α-hetero) is 1. The van der Waals surface area contributed by atoms with Gasteiger partial charge in [0.15, 0.2) is 5.78 Å². The highest BCUT2D eigenvalue weighted by Crippen LogP contribution is 2.16. The van der Waals surface area contributed by atoms with Crippen molar-refractivity contribution in [1.29, 1.82) is 0 Å². The minimum atomic E-state index is -3.53. The molecule has 0 heterocycles. The maximum absolute atomic E-state index is 12.2. The molecule has 1 amide bonds. The largest absolute Gasteiger partial charge is 0.322 e. The average molecular weight is 346 g/mol. The number of hydrogen-bond donors (Lipinski definition) is 1. The third-order valence-corrected chi connectivity index (χ3v) is 5.25. The fraction of sp³-hybridized carbons (Fsp3) is 0.176. The molecule has 0 aromatic heterocycles. The van der Waals surface area contributed by atoms with E-state index in [0.29, 0.717) is 16.8 Å². The Morgan fingerprint density at radius 1 is 0.958 bits per heavy atom. The first-order chi connectivity index (χ1) is 11.2. The van der Waals surface area contributed by atoms with E-state index in [1.165, 1.54) is 45.3 Å². The summed E-state index contributed by atoms with van der Waals surface area (Å²) in [6, 6.07) is 12.3. The van der Waals surface area contributed by atoms with Gasteiger partial charge in [0.2, 0.25) is 10.0 Å². The Bertz CT molecular complexity index is 872. The number of sulfonamides is 1. The van der Waals surface area contributed by atoms with Crippen molar-refractivity contribution in [3.05, 3.63) is 59.7 Å². The van der Waals surface area contributed by atoms with Gasteiger partial charge in [-0.2, -0.15) is 0 Å². The monoisotopic (exact) mass is 346 g/mol. The van der Waals surface area contributed by atoms with Crippen LogP contribution in [0.5, 0.6) is 0 Å². The standard InChI is InChI=1S/C17H18N2O4S/c1-12(20)14-5-4-6-15(11-14)18-17(21)13-7-9-16(10-8-13)24(22,23)19(2)3/h4-11H,1-3H3,(H,18,21). The first-order valence-electron chi connectivity index (χ1n) is 7.17. The quantitative estimate of drug-likeness (QED) is 0.843. The minimum Gasteiger partial charge on any atom is -0.322 e. The molecule has 0 aliphatic heterocycles. The molecule has 0 saturated heterocycles. The molecule has 2 rings (SSSR count). The Labute approximate surface area is 141 Å². The van der Waals surface area contributed by atoms with E-state index in [4.69, 9.17) is 0 Å². The van der Waals surface area contributed by atoms with Gasteiger partial charge in [0, 0.05) is 30.9 Å². The summed E-state index contributed by atoms with van der Waals surface area (Å²) in [6.07, 6.45) is 0. The predicted molar refractivity (Wildman–Crippen MR) is 91.7 cm³/mol. The van der Waals surface area contributed by atoms with E-state index in [1.807, 2.05) is 0 Å². The number of rotatable bonds is 5. The summed E-state index contributed by atoms with van der Waals surface area (Å²) in [5.74, 6) is -0.478. The van der Waals surface area contributed by atoms with Gasteiger partial charge in [-0.3, -0.25) is 9.59 Å². The van der Waals surface area contributed by atoms with Crippen LogP contribution in [0.3, 0.4) is 0 Å². The molecule has 0 radical (unpaired) electrons. The van der Waals surface area contributed by atoms with Crippen molar-refractivity contribution < 1.29 is 18.0 Å². The van der Waals surface area contributed by atoms with Crippen LogP contribution in [-0.2, 0) is 10.0 Å². The molecule has 0 aliphatic carbocycles. The second kappa shape index (κ2) is 6.94. The molecule has 7 heteroatoms. The molecule has 0 unspecified atom stereocenters. The van der Waals surface area contributed by atoms with Gasteiger partial charge in [0.05, 0.1) is 4.90 Å². The van der Waals surface area contributed by atoms with Gasteiger partial charge in [-0.15, -0.1) is 0 Å². The van der Waals surface area contributed by atoms with Crippen LogP contribution in [0.1, 0.15) is 27.6 Å². The van der Waals surface area contributed by atoms with Gasteiger partial charge < -0.3 is 5.32 Å². The zero-order valence-electron chi connectivity index (χ0n) is 13.6. The lowest BCUT2D eigenvalue weighted by Crippen LogP contribution is -2.22. The number of nitrogens with one attached hydrogen (secondary N) is 1. The third kappa shape index (κ3) is 3.87. The number of carbonyl (C=O) groups is 2. The summed E-state index contributed by atoms with van der Waals surface area (Å²) in [7, 11) is -0.644. The molecular formula is C17H18N2O4S. The second-order valence-corrected chi connectivity index (χ2v) is 7.55. The zero-order valence-corrected chi connectivity index (χ0v) is 14.4. The minimum absolute atomic E-state index is 0.0932. The number of amides is 1. The molecule has 6 nitrogen and oxygen atoms in total. The zero-order chi connectivity index (χ0) is 17.9. The van der Waals surface area contributed by atoms with E-state index >= 15 is 0 Å². The van der Waals surface area contributed by atoms with Crippen molar-refractivity contribution in [2.24, 2.45) is 0 Å². The van der Waals surface area contributed by atoms with Crippen molar-refractivity contribution in [1.82, 2.24) is 4.31 Å². The molecular weight excluding hydrogens is 328 g/mol. The van der Waals surface area contributed by atoms with Gasteiger partial charge in [-0.25, -0.2) is 12.7 Å². The van der Waals surface area contributed by atoms with E-state index in [1.54, 1.807) is 24.3 Å². The Morgan fingerprint density at radius 3 is 2.12 bits per heavy atom. The van der Waals surface area contributed by atoms with Gasteiger partial charge in [0.25, 0.3) is 5.91 Å². The number of carbonyl (C=O) groups excluding carboxylic acids is 2. The first-order valence-corrected chi connectivity index (χ1v) is 8.61. The van der Waals surface area contributed by atoms with Crippen molar-refractivity contribution in [2.45, 2.75) is 11.8 Å². The van der Waals surface area contributed by atoms with Crippen LogP contribution in [0, 0.1) is 0 Å². The molecule has 0 atom stereocenters. The van der Waals surface area contributed by atoms with Crippen molar-refractivity contribution in [2.75, 3.05) is 19.4 Å². The molecule has 126 valence electrons. The molecule has 0 bridgehead atoms. The summed E-state index contributed by atoms with van der Waals surface area (Å²) in [6.45, 7) is 1.45. The van der Waals surface area contributed by atoms with Gasteiger partial charge in [-0.05, 0) is 43.3 Å². The summed E-state index contributed by atoms with van der Waals surface area (Å²) in [5, 5.41) is 2.68. The van der Waals surface area contributed by atoms with Crippen molar-refractivity contribution >= 4 is 27.4 Å². The van der Waals surface area contributed by atoms with E-state index in [9.17, 15) is 18.0 Å². The van der Waals surface area contributed by atoms with Crippen LogP contribution in [0.2, 0.25) is 0 Å². The highest BCUT2D eigenvalue weighted by molar-refractivity contribution is 7.89. The Balaban J connectivity index is 2.19. The molecule has 0 spiro atoms. The molecule has 24 heavy (non-hydrogen) atoms. The highest BCUT2D eigenvalue weighted by atomic mass is 32.2. The molecule has 0 aliphatic rings. The lowest BCUT2D eigenvalue weighted by Gasteiger charge is -2.11. The topological polar surface area (TPSA) is 83.5 Å². The fourth-order valence-corrected chi connectivity index (χ4v) is 2.91. The molecule has 0 saturated carbocycles. The summed E-state index contributed by atoms with van der Waals surface area (Å²) in [5.41, 5.74) is 1.32. The van der Waals surface area contributed by atoms with Gasteiger partial charge in [-0.1, -0.05) is 12.1 Å². The van der Waals surface area contributed by atoms with E-state index in [-0.39, 0.29) is 16.6 Å². The Morgan fingerprint density at radius 2 is 1.58 bits per heavy atom. The average Bonchev–Trinajstić information content (AvgIpc) is 2.55. The van der Waals surface area contributed by atoms with Crippen molar-refractivity contribution in [3.63, 3.8) is 0 Å². The van der Waals surface area contributed by atoms with E-state index < -0.39 is 10.0 Å². The number of hydrogen-bond acceptors (Lipinski definition) is 4. The number of anilines is 1. The molecule has 2 aromatic rings. The van der Waals surface area contributed by atoms with Crippen LogP contribution < -0.4 is 5.32 Å². The maximum atomic E-state index is 12.2. The Kier molecular flexibility index (Phi) is 5.16. The van der Waals surface area contributed by atoms with Crippen LogP contribution in [-0.4, -0.2) is 38.5 Å². The lowest BCUT2D eigenvalue weighted by atomic mass is 10.1. The predicted octanol–water partition coefficient (Wildman–Crippen LogP) is 2.39. The summed E-state index contributed by atoms with van der Waals surface area (Å²) < 4.78 is 25.1. The molecule has 0 fully saturated rings. The summed E-state index contributed by atoms with van der Waals surface area (Å²) >= 11 is 0. The first kappa shape index (κ1) is 17.8.